The highest BCUT2D eigenvalue weighted by Gasteiger charge is 2.57. The van der Waals surface area contributed by atoms with Crippen molar-refractivity contribution in [1.29, 1.82) is 0 Å². The number of hydrogen-bond donors (Lipinski definition) is 3. The maximum absolute atomic E-state index is 14.6. The van der Waals surface area contributed by atoms with Crippen LogP contribution in [0.3, 0.4) is 0 Å². The van der Waals surface area contributed by atoms with E-state index in [1.807, 2.05) is 5.32 Å². The van der Waals surface area contributed by atoms with Crippen molar-refractivity contribution in [2.24, 2.45) is 5.73 Å². The van der Waals surface area contributed by atoms with E-state index in [2.05, 4.69) is 9.97 Å². The third-order valence-corrected chi connectivity index (χ3v) is 7.40. The number of pyridine rings is 2. The van der Waals surface area contributed by atoms with Gasteiger partial charge in [-0.3, -0.25) is 14.6 Å². The van der Waals surface area contributed by atoms with Gasteiger partial charge in [-0.25, -0.2) is 9.37 Å². The van der Waals surface area contributed by atoms with E-state index in [0.717, 1.165) is 36.4 Å². The molecule has 44 heavy (non-hydrogen) atoms. The van der Waals surface area contributed by atoms with E-state index in [-0.39, 0.29) is 45.6 Å². The first kappa shape index (κ1) is 30.7. The molecule has 4 N–H and O–H groups in total. The number of carbonyl (C=O) groups is 2. The monoisotopic (exact) mass is 622 g/mol. The summed E-state index contributed by atoms with van der Waals surface area (Å²) in [5.74, 6) is -2.85. The van der Waals surface area contributed by atoms with Crippen LogP contribution in [0.5, 0.6) is 5.75 Å². The summed E-state index contributed by atoms with van der Waals surface area (Å²) in [7, 11) is 0. The van der Waals surface area contributed by atoms with Gasteiger partial charge < -0.3 is 20.9 Å². The molecule has 8 nitrogen and oxygen atoms in total. The van der Waals surface area contributed by atoms with Gasteiger partial charge in [-0.15, -0.1) is 0 Å². The number of rotatable bonds is 6. The van der Waals surface area contributed by atoms with Crippen LogP contribution in [0.2, 0.25) is 0 Å². The van der Waals surface area contributed by atoms with E-state index in [1.54, 1.807) is 0 Å². The van der Waals surface area contributed by atoms with Crippen molar-refractivity contribution in [3.8, 4) is 17.0 Å². The number of carbonyl (C=O) groups excluding carboxylic acids is 2. The lowest BCUT2D eigenvalue weighted by molar-refractivity contribution is -0.265. The summed E-state index contributed by atoms with van der Waals surface area (Å²) in [5.41, 5.74) is -2.57. The highest BCUT2D eigenvalue weighted by molar-refractivity contribution is 5.98. The lowest BCUT2D eigenvalue weighted by Gasteiger charge is -2.31. The maximum atomic E-state index is 14.6. The zero-order chi connectivity index (χ0) is 32.2. The van der Waals surface area contributed by atoms with Crippen molar-refractivity contribution in [2.45, 2.75) is 30.3 Å². The Kier molecular flexibility index (Phi) is 7.27. The van der Waals surface area contributed by atoms with Gasteiger partial charge in [0, 0.05) is 28.3 Å². The second-order valence-electron chi connectivity index (χ2n) is 10.4. The third-order valence-electron chi connectivity index (χ3n) is 7.40. The molecule has 1 aliphatic heterocycles. The summed E-state index contributed by atoms with van der Waals surface area (Å²) in [6, 6.07) is 9.35. The van der Waals surface area contributed by atoms with E-state index in [4.69, 9.17) is 10.5 Å². The molecule has 3 heterocycles. The molecule has 0 unspecified atom stereocenters. The Hall–Kier alpha value is -4.79. The van der Waals surface area contributed by atoms with Crippen LogP contribution in [0.1, 0.15) is 34.1 Å². The van der Waals surface area contributed by atoms with E-state index in [1.165, 1.54) is 25.1 Å². The van der Waals surface area contributed by atoms with Crippen LogP contribution in [0.4, 0.5) is 30.7 Å². The van der Waals surface area contributed by atoms with Crippen molar-refractivity contribution in [2.75, 3.05) is 13.2 Å². The number of fused-ring (bicyclic) bond motifs is 2. The van der Waals surface area contributed by atoms with Crippen molar-refractivity contribution in [1.82, 2.24) is 15.3 Å². The van der Waals surface area contributed by atoms with Gasteiger partial charge in [0.15, 0.2) is 0 Å². The average Bonchev–Trinajstić information content (AvgIpc) is 3.31. The molecule has 0 saturated heterocycles. The Morgan fingerprint density at radius 1 is 1.05 bits per heavy atom. The van der Waals surface area contributed by atoms with Crippen LogP contribution >= 0.6 is 0 Å². The first-order chi connectivity index (χ1) is 20.4. The molecule has 1 aliphatic rings. The number of hydrogen-bond acceptors (Lipinski definition) is 6. The zero-order valence-corrected chi connectivity index (χ0v) is 22.5. The largest absolute Gasteiger partial charge is 0.489 e. The van der Waals surface area contributed by atoms with Crippen molar-refractivity contribution in [3.05, 3.63) is 89.0 Å². The highest BCUT2D eigenvalue weighted by Crippen LogP contribution is 2.47. The first-order valence-electron chi connectivity index (χ1n) is 12.7. The van der Waals surface area contributed by atoms with Gasteiger partial charge in [0.05, 0.1) is 23.3 Å². The van der Waals surface area contributed by atoms with Gasteiger partial charge in [0.1, 0.15) is 29.3 Å². The number of amides is 2. The SMILES string of the molecule is C[C@]1(C(N)=O)COc2c1cc([C@@](O)(CNC(=O)c1ccc3ncc(C(F)(F)F)cc3c1)C(F)(F)F)nc2-c1ccc(F)cc1. The highest BCUT2D eigenvalue weighted by atomic mass is 19.4. The van der Waals surface area contributed by atoms with Crippen LogP contribution in [-0.4, -0.2) is 46.2 Å². The minimum absolute atomic E-state index is 0.0924. The number of ether oxygens (including phenoxy) is 1. The molecule has 2 amide bonds. The number of primary amides is 1. The number of halogens is 7. The van der Waals surface area contributed by atoms with Gasteiger partial charge in [0.2, 0.25) is 11.5 Å². The standard InChI is InChI=1S/C29H21F7N4O4/c1-26(25(37)42)13-44-23-19(26)10-21(40-22(23)14-2-5-18(30)6-3-14)27(43,29(34,35)36)12-39-24(41)15-4-7-20-16(8-15)9-17(11-38-20)28(31,32)33/h2-11,43H,12-13H2,1H3,(H2,37,42)(H,39,41)/t26-,27-/m0/s1. The molecule has 0 fully saturated rings. The Morgan fingerprint density at radius 2 is 1.73 bits per heavy atom. The van der Waals surface area contributed by atoms with Crippen molar-refractivity contribution in [3.63, 3.8) is 0 Å². The van der Waals surface area contributed by atoms with Crippen molar-refractivity contribution >= 4 is 22.7 Å². The number of aliphatic hydroxyl groups is 1. The molecular formula is C29H21F7N4O4. The zero-order valence-electron chi connectivity index (χ0n) is 22.5. The molecule has 15 heteroatoms. The van der Waals surface area contributed by atoms with Gasteiger partial charge >= 0.3 is 12.4 Å². The minimum atomic E-state index is -5.46. The summed E-state index contributed by atoms with van der Waals surface area (Å²) in [4.78, 5) is 32.9. The molecule has 0 radical (unpaired) electrons. The first-order valence-corrected chi connectivity index (χ1v) is 12.7. The van der Waals surface area contributed by atoms with E-state index < -0.39 is 58.8 Å². The van der Waals surface area contributed by atoms with Gasteiger partial charge in [-0.05, 0) is 61.5 Å². The lowest BCUT2D eigenvalue weighted by Crippen LogP contribution is -2.51. The molecule has 4 aromatic rings. The molecule has 0 saturated carbocycles. The molecule has 2 aromatic heterocycles. The minimum Gasteiger partial charge on any atom is -0.489 e. The Bertz CT molecular complexity index is 1790. The number of benzene rings is 2. The second-order valence-corrected chi connectivity index (χ2v) is 10.4. The predicted molar refractivity (Wildman–Crippen MR) is 141 cm³/mol. The molecule has 230 valence electrons. The van der Waals surface area contributed by atoms with Crippen LogP contribution in [0, 0.1) is 5.82 Å². The fraction of sp³-hybridized carbons (Fsp3) is 0.241. The van der Waals surface area contributed by atoms with Crippen LogP contribution in [0.15, 0.2) is 60.8 Å². The predicted octanol–water partition coefficient (Wildman–Crippen LogP) is 4.77. The molecule has 0 spiro atoms. The summed E-state index contributed by atoms with van der Waals surface area (Å²) in [6.07, 6.45) is -9.59. The summed E-state index contributed by atoms with van der Waals surface area (Å²) in [5, 5.41) is 13.0. The number of aromatic nitrogens is 2. The average molecular weight is 622 g/mol. The Balaban J connectivity index is 1.55. The van der Waals surface area contributed by atoms with Crippen LogP contribution in [-0.2, 0) is 22.0 Å². The smallest absolute Gasteiger partial charge is 0.424 e. The normalized spacial score (nSPS) is 17.9. The van der Waals surface area contributed by atoms with Crippen molar-refractivity contribution < 1.29 is 50.2 Å². The van der Waals surface area contributed by atoms with Gasteiger partial charge in [-0.1, -0.05) is 0 Å². The van der Waals surface area contributed by atoms with E-state index in [9.17, 15) is 45.4 Å². The Labute approximate surface area is 243 Å². The van der Waals surface area contributed by atoms with E-state index in [0.29, 0.717) is 6.20 Å². The summed E-state index contributed by atoms with van der Waals surface area (Å²) >= 11 is 0. The van der Waals surface area contributed by atoms with Crippen LogP contribution < -0.4 is 15.8 Å². The lowest BCUT2D eigenvalue weighted by atomic mass is 9.81. The molecular weight excluding hydrogens is 601 g/mol. The molecule has 5 rings (SSSR count). The third kappa shape index (κ3) is 5.27. The summed E-state index contributed by atoms with van der Waals surface area (Å²) in [6.45, 7) is -0.519. The number of nitrogens with two attached hydrogens (primary N) is 1. The topological polar surface area (TPSA) is 127 Å². The molecule has 2 atom stereocenters. The molecule has 2 aromatic carbocycles. The maximum Gasteiger partial charge on any atom is 0.424 e. The number of nitrogens with one attached hydrogen (secondary N) is 1. The molecule has 0 aliphatic carbocycles. The van der Waals surface area contributed by atoms with Gasteiger partial charge in [0.25, 0.3) is 5.91 Å². The summed E-state index contributed by atoms with van der Waals surface area (Å²) < 4.78 is 102. The molecule has 0 bridgehead atoms. The number of alkyl halides is 6. The van der Waals surface area contributed by atoms with E-state index >= 15 is 0 Å². The fourth-order valence-corrected chi connectivity index (χ4v) is 4.68. The quantitative estimate of drug-likeness (QED) is 0.266. The Morgan fingerprint density at radius 3 is 2.34 bits per heavy atom. The van der Waals surface area contributed by atoms with Crippen LogP contribution in [0.25, 0.3) is 22.2 Å². The van der Waals surface area contributed by atoms with Gasteiger partial charge in [-0.2, -0.15) is 26.3 Å². The fourth-order valence-electron chi connectivity index (χ4n) is 4.68. The second kappa shape index (κ2) is 10.4. The number of nitrogens with zero attached hydrogens (tertiary/aromatic N) is 2.